The first-order chi connectivity index (χ1) is 11.5. The number of nitrogens with two attached hydrogens (primary N) is 1. The monoisotopic (exact) mass is 356 g/mol. The molecule has 2 aromatic carbocycles. The fraction of sp³-hybridized carbons (Fsp3) is 0. The average Bonchev–Trinajstić information content (AvgIpc) is 3.14. The number of fused-ring (bicyclic) bond motifs is 1. The predicted octanol–water partition coefficient (Wildman–Crippen LogP) is 2.77. The Balaban J connectivity index is 1.69. The fourth-order valence-electron chi connectivity index (χ4n) is 2.40. The number of primary sulfonamides is 1. The van der Waals surface area contributed by atoms with Crippen LogP contribution in [0.1, 0.15) is 0 Å². The van der Waals surface area contributed by atoms with Crippen LogP contribution in [0.3, 0.4) is 0 Å². The molecule has 2 heterocycles. The zero-order valence-electron chi connectivity index (χ0n) is 12.3. The van der Waals surface area contributed by atoms with Crippen LogP contribution in [0.4, 0.5) is 0 Å². The van der Waals surface area contributed by atoms with Gasteiger partial charge in [0.1, 0.15) is 0 Å². The van der Waals surface area contributed by atoms with E-state index in [1.165, 1.54) is 4.52 Å². The van der Waals surface area contributed by atoms with Crippen molar-refractivity contribution < 1.29 is 8.42 Å². The van der Waals surface area contributed by atoms with Crippen molar-refractivity contribution in [1.82, 2.24) is 14.6 Å². The summed E-state index contributed by atoms with van der Waals surface area (Å²) >= 11 is 0.948. The molecule has 4 aromatic rings. The SMILES string of the molecule is NS(=O)(=O)c1nn2cc(-c3ccc(-c4ccccc4)cc3)nc2s1. The standard InChI is InChI=1S/C16H12N4O2S2/c17-24(21,22)16-19-20-10-14(18-15(20)23-16)13-8-6-12(7-9-13)11-4-2-1-3-5-11/h1-10H,(H2,17,21,22). The van der Waals surface area contributed by atoms with Crippen molar-refractivity contribution >= 4 is 26.3 Å². The lowest BCUT2D eigenvalue weighted by atomic mass is 10.0. The molecule has 0 atom stereocenters. The largest absolute Gasteiger partial charge is 0.267 e. The fourth-order valence-corrected chi connectivity index (χ4v) is 3.91. The topological polar surface area (TPSA) is 90.4 Å². The zero-order valence-corrected chi connectivity index (χ0v) is 14.0. The van der Waals surface area contributed by atoms with Crippen LogP contribution >= 0.6 is 11.3 Å². The quantitative estimate of drug-likeness (QED) is 0.611. The highest BCUT2D eigenvalue weighted by atomic mass is 32.2. The Kier molecular flexibility index (Phi) is 3.45. The van der Waals surface area contributed by atoms with Gasteiger partial charge in [0.2, 0.25) is 9.30 Å². The molecule has 0 aliphatic carbocycles. The van der Waals surface area contributed by atoms with Crippen LogP contribution in [0.25, 0.3) is 27.3 Å². The Morgan fingerprint density at radius 1 is 0.917 bits per heavy atom. The first-order valence-corrected chi connectivity index (χ1v) is 9.42. The van der Waals surface area contributed by atoms with Crippen molar-refractivity contribution in [1.29, 1.82) is 0 Å². The van der Waals surface area contributed by atoms with Crippen LogP contribution in [0.2, 0.25) is 0 Å². The van der Waals surface area contributed by atoms with Gasteiger partial charge in [0.15, 0.2) is 0 Å². The van der Waals surface area contributed by atoms with E-state index in [-0.39, 0.29) is 4.34 Å². The summed E-state index contributed by atoms with van der Waals surface area (Å²) in [6.07, 6.45) is 1.69. The maximum absolute atomic E-state index is 11.3. The van der Waals surface area contributed by atoms with E-state index >= 15 is 0 Å². The van der Waals surface area contributed by atoms with Gasteiger partial charge in [0.05, 0.1) is 11.9 Å². The second-order valence-electron chi connectivity index (χ2n) is 5.21. The Bertz CT molecular complexity index is 1080. The summed E-state index contributed by atoms with van der Waals surface area (Å²) < 4.78 is 23.9. The molecule has 0 radical (unpaired) electrons. The van der Waals surface area contributed by atoms with Gasteiger partial charge < -0.3 is 0 Å². The van der Waals surface area contributed by atoms with Crippen molar-refractivity contribution in [2.45, 2.75) is 4.34 Å². The molecule has 0 bridgehead atoms. The van der Waals surface area contributed by atoms with Gasteiger partial charge in [-0.1, -0.05) is 65.9 Å². The zero-order chi connectivity index (χ0) is 16.7. The first-order valence-electron chi connectivity index (χ1n) is 7.05. The second kappa shape index (κ2) is 5.52. The highest BCUT2D eigenvalue weighted by Crippen LogP contribution is 2.26. The van der Waals surface area contributed by atoms with Crippen LogP contribution in [0.15, 0.2) is 65.1 Å². The summed E-state index contributed by atoms with van der Waals surface area (Å²) in [5.74, 6) is 0. The van der Waals surface area contributed by atoms with Gasteiger partial charge >= 0.3 is 0 Å². The summed E-state index contributed by atoms with van der Waals surface area (Å²) in [4.78, 5) is 4.91. The van der Waals surface area contributed by atoms with Crippen LogP contribution in [-0.2, 0) is 10.0 Å². The first kappa shape index (κ1) is 15.0. The summed E-state index contributed by atoms with van der Waals surface area (Å²) in [7, 11) is -3.80. The lowest BCUT2D eigenvalue weighted by Crippen LogP contribution is -2.12. The van der Waals surface area contributed by atoms with Crippen molar-refractivity contribution in [3.8, 4) is 22.4 Å². The number of hydrogen-bond acceptors (Lipinski definition) is 5. The van der Waals surface area contributed by atoms with Gasteiger partial charge in [-0.05, 0) is 11.1 Å². The lowest BCUT2D eigenvalue weighted by Gasteiger charge is -2.02. The maximum atomic E-state index is 11.3. The van der Waals surface area contributed by atoms with E-state index in [1.54, 1.807) is 6.20 Å². The number of aromatic nitrogens is 3. The Hall–Kier alpha value is -2.55. The van der Waals surface area contributed by atoms with Crippen molar-refractivity contribution in [2.24, 2.45) is 5.14 Å². The van der Waals surface area contributed by atoms with E-state index in [0.717, 1.165) is 33.7 Å². The molecule has 0 aliphatic rings. The van der Waals surface area contributed by atoms with Crippen LogP contribution in [0, 0.1) is 0 Å². The molecule has 2 N–H and O–H groups in total. The van der Waals surface area contributed by atoms with Crippen molar-refractivity contribution in [3.63, 3.8) is 0 Å². The lowest BCUT2D eigenvalue weighted by molar-refractivity contribution is 0.595. The summed E-state index contributed by atoms with van der Waals surface area (Å²) in [6, 6.07) is 18.1. The van der Waals surface area contributed by atoms with E-state index in [4.69, 9.17) is 5.14 Å². The van der Waals surface area contributed by atoms with Crippen molar-refractivity contribution in [3.05, 3.63) is 60.8 Å². The van der Waals surface area contributed by atoms with Gasteiger partial charge in [0, 0.05) is 5.56 Å². The van der Waals surface area contributed by atoms with Crippen molar-refractivity contribution in [2.75, 3.05) is 0 Å². The van der Waals surface area contributed by atoms with Crippen LogP contribution in [-0.4, -0.2) is 23.0 Å². The molecule has 4 rings (SSSR count). The minimum atomic E-state index is -3.80. The third-order valence-electron chi connectivity index (χ3n) is 3.56. The molecule has 24 heavy (non-hydrogen) atoms. The molecule has 0 unspecified atom stereocenters. The minimum absolute atomic E-state index is 0.143. The number of sulfonamides is 1. The van der Waals surface area contributed by atoms with E-state index in [1.807, 2.05) is 42.5 Å². The second-order valence-corrected chi connectivity index (χ2v) is 7.90. The van der Waals surface area contributed by atoms with Gasteiger partial charge in [-0.2, -0.15) is 0 Å². The average molecular weight is 356 g/mol. The molecular weight excluding hydrogens is 344 g/mol. The third kappa shape index (κ3) is 2.71. The minimum Gasteiger partial charge on any atom is -0.223 e. The number of hydrogen-bond donors (Lipinski definition) is 1. The molecule has 0 fully saturated rings. The van der Waals surface area contributed by atoms with Gasteiger partial charge in [0.25, 0.3) is 10.0 Å². The molecule has 6 nitrogen and oxygen atoms in total. The molecule has 2 aromatic heterocycles. The third-order valence-corrected chi connectivity index (χ3v) is 5.79. The molecule has 0 spiro atoms. The van der Waals surface area contributed by atoms with Crippen LogP contribution in [0.5, 0.6) is 0 Å². The normalized spacial score (nSPS) is 11.9. The number of nitrogens with zero attached hydrogens (tertiary/aromatic N) is 3. The number of rotatable bonds is 3. The Morgan fingerprint density at radius 3 is 2.17 bits per heavy atom. The van der Waals surface area contributed by atoms with E-state index in [9.17, 15) is 8.42 Å². The van der Waals surface area contributed by atoms with Gasteiger partial charge in [-0.25, -0.2) is 23.1 Å². The highest BCUT2D eigenvalue weighted by Gasteiger charge is 2.17. The van der Waals surface area contributed by atoms with E-state index in [2.05, 4.69) is 22.2 Å². The summed E-state index contributed by atoms with van der Waals surface area (Å²) in [6.45, 7) is 0. The molecule has 0 aliphatic heterocycles. The van der Waals surface area contributed by atoms with Gasteiger partial charge in [-0.15, -0.1) is 5.10 Å². The Morgan fingerprint density at radius 2 is 1.54 bits per heavy atom. The van der Waals surface area contributed by atoms with E-state index in [0.29, 0.717) is 4.96 Å². The molecule has 8 heteroatoms. The number of benzene rings is 2. The summed E-state index contributed by atoms with van der Waals surface area (Å²) in [5, 5.41) is 9.03. The molecule has 0 amide bonds. The number of imidazole rings is 1. The maximum Gasteiger partial charge on any atom is 0.267 e. The highest BCUT2D eigenvalue weighted by molar-refractivity contribution is 7.91. The molecular formula is C16H12N4O2S2. The van der Waals surface area contributed by atoms with Gasteiger partial charge in [-0.3, -0.25) is 0 Å². The van der Waals surface area contributed by atoms with Crippen LogP contribution < -0.4 is 5.14 Å². The molecule has 0 saturated carbocycles. The van der Waals surface area contributed by atoms with E-state index < -0.39 is 10.0 Å². The predicted molar refractivity (Wildman–Crippen MR) is 93.1 cm³/mol. The summed E-state index contributed by atoms with van der Waals surface area (Å²) in [5.41, 5.74) is 3.93. The molecule has 0 saturated heterocycles. The Labute approximate surface area is 142 Å². The molecule has 120 valence electrons. The smallest absolute Gasteiger partial charge is 0.223 e.